The van der Waals surface area contributed by atoms with Crippen LogP contribution in [-0.4, -0.2) is 38.5 Å². The molecule has 1 aliphatic rings. The second-order valence-electron chi connectivity index (χ2n) is 5.24. The number of benzene rings is 1. The quantitative estimate of drug-likeness (QED) is 0.397. The van der Waals surface area contributed by atoms with Crippen LogP contribution in [0.2, 0.25) is 0 Å². The van der Waals surface area contributed by atoms with E-state index in [0.717, 1.165) is 23.5 Å². The van der Waals surface area contributed by atoms with E-state index < -0.39 is 0 Å². The molecule has 23 heavy (non-hydrogen) atoms. The van der Waals surface area contributed by atoms with Gasteiger partial charge in [-0.05, 0) is 50.1 Å². The molecular weight excluding hydrogens is 296 g/mol. The summed E-state index contributed by atoms with van der Waals surface area (Å²) in [5.41, 5.74) is 1.88. The van der Waals surface area contributed by atoms with Gasteiger partial charge in [0.15, 0.2) is 0 Å². The van der Waals surface area contributed by atoms with Crippen LogP contribution in [0, 0.1) is 0 Å². The summed E-state index contributed by atoms with van der Waals surface area (Å²) < 4.78 is 21.5. The normalized spacial score (nSPS) is 18.0. The van der Waals surface area contributed by atoms with Gasteiger partial charge in [-0.15, -0.1) is 0 Å². The van der Waals surface area contributed by atoms with Gasteiger partial charge in [-0.1, -0.05) is 6.07 Å². The molecule has 1 aromatic rings. The fourth-order valence-electron chi connectivity index (χ4n) is 2.17. The Morgan fingerprint density at radius 1 is 1.39 bits per heavy atom. The Bertz CT molecular complexity index is 548. The van der Waals surface area contributed by atoms with Gasteiger partial charge in [-0.3, -0.25) is 0 Å². The van der Waals surface area contributed by atoms with Crippen molar-refractivity contribution < 1.29 is 23.7 Å². The highest BCUT2D eigenvalue weighted by Crippen LogP contribution is 2.28. The summed E-state index contributed by atoms with van der Waals surface area (Å²) >= 11 is 0. The molecule has 0 radical (unpaired) electrons. The molecule has 126 valence electrons. The van der Waals surface area contributed by atoms with E-state index in [1.807, 2.05) is 32.0 Å². The smallest absolute Gasteiger partial charge is 0.330 e. The molecule has 0 aromatic heterocycles. The maximum absolute atomic E-state index is 11.5. The largest absolute Gasteiger partial charge is 0.494 e. The predicted octanol–water partition coefficient (Wildman–Crippen LogP) is 3.14. The van der Waals surface area contributed by atoms with E-state index in [1.54, 1.807) is 13.0 Å². The molecule has 1 unspecified atom stereocenters. The number of epoxide rings is 1. The number of rotatable bonds is 9. The van der Waals surface area contributed by atoms with Gasteiger partial charge < -0.3 is 18.9 Å². The Labute approximate surface area is 137 Å². The van der Waals surface area contributed by atoms with Crippen LogP contribution in [0.4, 0.5) is 0 Å². The summed E-state index contributed by atoms with van der Waals surface area (Å²) in [5.74, 6) is 0.432. The highest BCUT2D eigenvalue weighted by atomic mass is 16.6. The highest BCUT2D eigenvalue weighted by Gasteiger charge is 2.24. The van der Waals surface area contributed by atoms with Gasteiger partial charge in [0, 0.05) is 6.08 Å². The van der Waals surface area contributed by atoms with Crippen LogP contribution in [0.3, 0.4) is 0 Å². The van der Waals surface area contributed by atoms with Crippen molar-refractivity contribution >= 4 is 12.0 Å². The summed E-state index contributed by atoms with van der Waals surface area (Å²) in [4.78, 5) is 11.5. The van der Waals surface area contributed by atoms with Crippen LogP contribution in [0.5, 0.6) is 5.75 Å². The van der Waals surface area contributed by atoms with Crippen LogP contribution in [0.25, 0.3) is 6.08 Å². The average Bonchev–Trinajstić information content (AvgIpc) is 3.36. The third-order valence-corrected chi connectivity index (χ3v) is 3.43. The molecule has 1 saturated heterocycles. The lowest BCUT2D eigenvalue weighted by atomic mass is 10.0. The van der Waals surface area contributed by atoms with E-state index in [-0.39, 0.29) is 18.2 Å². The minimum atomic E-state index is -0.354. The SMILES string of the molecule is CCOC(=O)/C=C/c1ccc(OCC)cc1[C@@H](C)OCC1CO1. The number of carbonyl (C=O) groups excluding carboxylic acids is 1. The molecule has 1 heterocycles. The van der Waals surface area contributed by atoms with E-state index in [2.05, 4.69) is 0 Å². The molecule has 2 atom stereocenters. The molecule has 0 aliphatic carbocycles. The topological polar surface area (TPSA) is 57.3 Å². The maximum Gasteiger partial charge on any atom is 0.330 e. The van der Waals surface area contributed by atoms with Gasteiger partial charge in [-0.2, -0.15) is 0 Å². The van der Waals surface area contributed by atoms with Crippen molar-refractivity contribution in [3.05, 3.63) is 35.4 Å². The molecular formula is C18H24O5. The van der Waals surface area contributed by atoms with Crippen molar-refractivity contribution in [2.45, 2.75) is 33.0 Å². The molecule has 0 N–H and O–H groups in total. The van der Waals surface area contributed by atoms with Crippen LogP contribution in [0.15, 0.2) is 24.3 Å². The molecule has 1 aliphatic heterocycles. The lowest BCUT2D eigenvalue weighted by Crippen LogP contribution is -2.08. The zero-order valence-corrected chi connectivity index (χ0v) is 13.9. The highest BCUT2D eigenvalue weighted by molar-refractivity contribution is 5.87. The van der Waals surface area contributed by atoms with Gasteiger partial charge in [0.05, 0.1) is 32.5 Å². The van der Waals surface area contributed by atoms with Crippen LogP contribution in [-0.2, 0) is 19.0 Å². The molecule has 1 fully saturated rings. The van der Waals surface area contributed by atoms with Crippen molar-refractivity contribution in [1.82, 2.24) is 0 Å². The Hall–Kier alpha value is -1.85. The van der Waals surface area contributed by atoms with E-state index in [9.17, 15) is 4.79 Å². The van der Waals surface area contributed by atoms with Crippen molar-refractivity contribution in [3.63, 3.8) is 0 Å². The second-order valence-corrected chi connectivity index (χ2v) is 5.24. The molecule has 5 nitrogen and oxygen atoms in total. The zero-order chi connectivity index (χ0) is 16.7. The summed E-state index contributed by atoms with van der Waals surface area (Å²) in [7, 11) is 0. The van der Waals surface area contributed by atoms with E-state index in [1.165, 1.54) is 6.08 Å². The number of ether oxygens (including phenoxy) is 4. The lowest BCUT2D eigenvalue weighted by Gasteiger charge is -2.17. The average molecular weight is 320 g/mol. The Morgan fingerprint density at radius 2 is 2.17 bits per heavy atom. The van der Waals surface area contributed by atoms with Crippen molar-refractivity contribution in [3.8, 4) is 5.75 Å². The number of hydrogen-bond donors (Lipinski definition) is 0. The Balaban J connectivity index is 2.15. The first-order valence-corrected chi connectivity index (χ1v) is 7.98. The minimum absolute atomic E-state index is 0.124. The third kappa shape index (κ3) is 5.69. The van der Waals surface area contributed by atoms with Crippen LogP contribution in [0.1, 0.15) is 38.0 Å². The van der Waals surface area contributed by atoms with E-state index >= 15 is 0 Å². The third-order valence-electron chi connectivity index (χ3n) is 3.43. The van der Waals surface area contributed by atoms with Gasteiger partial charge in [0.2, 0.25) is 0 Å². The molecule has 0 amide bonds. The summed E-state index contributed by atoms with van der Waals surface area (Å²) in [6, 6.07) is 5.75. The second kappa shape index (κ2) is 8.70. The molecule has 0 spiro atoms. The molecule has 0 bridgehead atoms. The number of carbonyl (C=O) groups is 1. The fourth-order valence-corrected chi connectivity index (χ4v) is 2.17. The predicted molar refractivity (Wildman–Crippen MR) is 87.4 cm³/mol. The number of esters is 1. The first-order valence-electron chi connectivity index (χ1n) is 7.98. The lowest BCUT2D eigenvalue weighted by molar-refractivity contribution is -0.137. The van der Waals surface area contributed by atoms with Crippen molar-refractivity contribution in [2.24, 2.45) is 0 Å². The minimum Gasteiger partial charge on any atom is -0.494 e. The van der Waals surface area contributed by atoms with E-state index in [0.29, 0.717) is 19.8 Å². The van der Waals surface area contributed by atoms with Crippen molar-refractivity contribution in [2.75, 3.05) is 26.4 Å². The van der Waals surface area contributed by atoms with Gasteiger partial charge >= 0.3 is 5.97 Å². The Kier molecular flexibility index (Phi) is 6.62. The molecule has 5 heteroatoms. The fraction of sp³-hybridized carbons (Fsp3) is 0.500. The first-order chi connectivity index (χ1) is 11.1. The van der Waals surface area contributed by atoms with Gasteiger partial charge in [0.25, 0.3) is 0 Å². The summed E-state index contributed by atoms with van der Waals surface area (Å²) in [6.45, 7) is 8.00. The first kappa shape index (κ1) is 17.5. The Morgan fingerprint density at radius 3 is 2.83 bits per heavy atom. The van der Waals surface area contributed by atoms with Gasteiger partial charge in [-0.25, -0.2) is 4.79 Å². The standard InChI is InChI=1S/C18H24O5/c1-4-20-15-8-6-14(7-9-18(19)21-5-2)17(10-15)13(3)22-11-16-12-23-16/h6-10,13,16H,4-5,11-12H2,1-3H3/b9-7+/t13-,16?/m1/s1. The van der Waals surface area contributed by atoms with Crippen LogP contribution >= 0.6 is 0 Å². The maximum atomic E-state index is 11.5. The molecule has 1 aromatic carbocycles. The monoisotopic (exact) mass is 320 g/mol. The summed E-state index contributed by atoms with van der Waals surface area (Å²) in [6.07, 6.45) is 3.27. The number of hydrogen-bond acceptors (Lipinski definition) is 5. The molecule has 2 rings (SSSR count). The summed E-state index contributed by atoms with van der Waals surface area (Å²) in [5, 5.41) is 0. The van der Waals surface area contributed by atoms with Crippen molar-refractivity contribution in [1.29, 1.82) is 0 Å². The van der Waals surface area contributed by atoms with Gasteiger partial charge in [0.1, 0.15) is 11.9 Å². The van der Waals surface area contributed by atoms with E-state index in [4.69, 9.17) is 18.9 Å². The zero-order valence-electron chi connectivity index (χ0n) is 13.9. The van der Waals surface area contributed by atoms with Crippen LogP contribution < -0.4 is 4.74 Å². The molecule has 0 saturated carbocycles.